The number of thiophene rings is 1. The van der Waals surface area contributed by atoms with Crippen molar-refractivity contribution in [2.75, 3.05) is 37.4 Å². The zero-order valence-corrected chi connectivity index (χ0v) is 20.3. The largest absolute Gasteiger partial charge is 0.425 e. The van der Waals surface area contributed by atoms with Crippen LogP contribution in [0, 0.1) is 6.92 Å². The standard InChI is InChI=1S/C24H28F3N5OS/c1-15-19-13-17(29-22(33)7-4-16-12-21(34-14-16)24(25,26)27)5-6-20(19)30-23(28-15)32-10-8-18(9-11-32)31(2)3/h5-6,12-14,18H,4,7-11H2,1-3H3,(H,29,33). The van der Waals surface area contributed by atoms with Crippen LogP contribution in [0.1, 0.15) is 35.4 Å². The van der Waals surface area contributed by atoms with Crippen LogP contribution in [0.2, 0.25) is 0 Å². The number of aromatic nitrogens is 2. The monoisotopic (exact) mass is 491 g/mol. The summed E-state index contributed by atoms with van der Waals surface area (Å²) < 4.78 is 38.2. The van der Waals surface area contributed by atoms with E-state index < -0.39 is 11.1 Å². The molecule has 0 bridgehead atoms. The summed E-state index contributed by atoms with van der Waals surface area (Å²) in [6.07, 6.45) is -1.85. The molecular weight excluding hydrogens is 463 g/mol. The second kappa shape index (κ2) is 9.87. The number of alkyl halides is 3. The average Bonchev–Trinajstić information content (AvgIpc) is 3.28. The molecule has 10 heteroatoms. The molecular formula is C24H28F3N5OS. The Bertz CT molecular complexity index is 1170. The summed E-state index contributed by atoms with van der Waals surface area (Å²) >= 11 is 0.652. The van der Waals surface area contributed by atoms with Gasteiger partial charge in [0, 0.05) is 36.6 Å². The number of benzene rings is 1. The molecule has 1 amide bonds. The van der Waals surface area contributed by atoms with Gasteiger partial charge in [0.05, 0.1) is 11.2 Å². The third-order valence-electron chi connectivity index (χ3n) is 6.21. The first kappa shape index (κ1) is 24.4. The van der Waals surface area contributed by atoms with E-state index in [1.807, 2.05) is 19.1 Å². The maximum absolute atomic E-state index is 12.7. The Morgan fingerprint density at radius 3 is 2.59 bits per heavy atom. The Kier molecular flexibility index (Phi) is 7.09. The minimum atomic E-state index is -4.35. The highest BCUT2D eigenvalue weighted by Crippen LogP contribution is 2.34. The number of halogens is 3. The molecule has 3 aromatic rings. The normalized spacial score (nSPS) is 15.3. The van der Waals surface area contributed by atoms with E-state index in [4.69, 9.17) is 9.97 Å². The first-order valence-corrected chi connectivity index (χ1v) is 12.1. The summed E-state index contributed by atoms with van der Waals surface area (Å²) in [6.45, 7) is 3.76. The number of nitrogens with one attached hydrogen (secondary N) is 1. The SMILES string of the molecule is Cc1nc(N2CCC(N(C)C)CC2)nc2ccc(NC(=O)CCc3csc(C(F)(F)F)c3)cc12. The summed E-state index contributed by atoms with van der Waals surface area (Å²) in [5.74, 6) is 0.478. The summed E-state index contributed by atoms with van der Waals surface area (Å²) in [6, 6.07) is 7.19. The van der Waals surface area contributed by atoms with E-state index in [0.29, 0.717) is 28.6 Å². The van der Waals surface area contributed by atoms with E-state index in [2.05, 4.69) is 29.2 Å². The van der Waals surface area contributed by atoms with Gasteiger partial charge in [-0.15, -0.1) is 11.3 Å². The lowest BCUT2D eigenvalue weighted by Crippen LogP contribution is -2.42. The number of hydrogen-bond donors (Lipinski definition) is 1. The van der Waals surface area contributed by atoms with Gasteiger partial charge in [0.25, 0.3) is 0 Å². The number of anilines is 2. The first-order valence-electron chi connectivity index (χ1n) is 11.2. The van der Waals surface area contributed by atoms with Crippen molar-refractivity contribution in [2.45, 2.75) is 44.8 Å². The molecule has 1 aliphatic rings. The Morgan fingerprint density at radius 1 is 1.21 bits per heavy atom. The maximum Gasteiger partial charge on any atom is 0.425 e. The molecule has 0 radical (unpaired) electrons. The molecule has 34 heavy (non-hydrogen) atoms. The molecule has 0 saturated carbocycles. The maximum atomic E-state index is 12.7. The zero-order valence-electron chi connectivity index (χ0n) is 19.4. The lowest BCUT2D eigenvalue weighted by molar-refractivity contribution is -0.134. The van der Waals surface area contributed by atoms with Crippen molar-refractivity contribution in [1.29, 1.82) is 0 Å². The quantitative estimate of drug-likeness (QED) is 0.519. The highest BCUT2D eigenvalue weighted by Gasteiger charge is 2.32. The van der Waals surface area contributed by atoms with E-state index >= 15 is 0 Å². The van der Waals surface area contributed by atoms with E-state index in [0.717, 1.165) is 54.5 Å². The molecule has 0 spiro atoms. The Balaban J connectivity index is 1.39. The van der Waals surface area contributed by atoms with E-state index in [9.17, 15) is 18.0 Å². The van der Waals surface area contributed by atoms with Crippen LogP contribution in [-0.2, 0) is 17.4 Å². The molecule has 0 aliphatic carbocycles. The van der Waals surface area contributed by atoms with Gasteiger partial charge in [0.15, 0.2) is 0 Å². The number of carbonyl (C=O) groups is 1. The number of carbonyl (C=O) groups excluding carboxylic acids is 1. The van der Waals surface area contributed by atoms with Crippen molar-refractivity contribution in [3.63, 3.8) is 0 Å². The van der Waals surface area contributed by atoms with Gasteiger partial charge in [-0.1, -0.05) is 0 Å². The van der Waals surface area contributed by atoms with Gasteiger partial charge in [-0.05, 0) is 75.5 Å². The van der Waals surface area contributed by atoms with Crippen LogP contribution >= 0.6 is 11.3 Å². The Morgan fingerprint density at radius 2 is 1.94 bits per heavy atom. The lowest BCUT2D eigenvalue weighted by atomic mass is 10.0. The predicted octanol–water partition coefficient (Wildman–Crippen LogP) is 5.12. The fraction of sp³-hybridized carbons (Fsp3) is 0.458. The van der Waals surface area contributed by atoms with Gasteiger partial charge in [-0.25, -0.2) is 9.97 Å². The summed E-state index contributed by atoms with van der Waals surface area (Å²) in [4.78, 5) is 25.7. The number of amides is 1. The van der Waals surface area contributed by atoms with Crippen LogP contribution in [0.4, 0.5) is 24.8 Å². The fourth-order valence-corrected chi connectivity index (χ4v) is 5.02. The molecule has 0 atom stereocenters. The number of nitrogens with zero attached hydrogens (tertiary/aromatic N) is 4. The smallest absolute Gasteiger partial charge is 0.341 e. The van der Waals surface area contributed by atoms with Gasteiger partial charge in [-0.2, -0.15) is 13.2 Å². The number of hydrogen-bond acceptors (Lipinski definition) is 6. The number of piperidine rings is 1. The molecule has 3 heterocycles. The van der Waals surface area contributed by atoms with Gasteiger partial charge >= 0.3 is 6.18 Å². The second-order valence-electron chi connectivity index (χ2n) is 8.89. The minimum absolute atomic E-state index is 0.101. The lowest BCUT2D eigenvalue weighted by Gasteiger charge is -2.35. The van der Waals surface area contributed by atoms with E-state index in [1.54, 1.807) is 6.07 Å². The van der Waals surface area contributed by atoms with Crippen LogP contribution in [0.15, 0.2) is 29.6 Å². The number of rotatable bonds is 6. The topological polar surface area (TPSA) is 61.4 Å². The van der Waals surface area contributed by atoms with Crippen LogP contribution in [0.25, 0.3) is 10.9 Å². The van der Waals surface area contributed by atoms with E-state index in [-0.39, 0.29) is 18.7 Å². The average molecular weight is 492 g/mol. The molecule has 6 nitrogen and oxygen atoms in total. The zero-order chi connectivity index (χ0) is 24.5. The summed E-state index contributed by atoms with van der Waals surface area (Å²) in [5, 5.41) is 5.14. The third kappa shape index (κ3) is 5.67. The number of aryl methyl sites for hydroxylation is 2. The number of fused-ring (bicyclic) bond motifs is 1. The van der Waals surface area contributed by atoms with Crippen LogP contribution in [0.3, 0.4) is 0 Å². The molecule has 2 aromatic heterocycles. The van der Waals surface area contributed by atoms with Gasteiger partial charge in [0.1, 0.15) is 4.88 Å². The second-order valence-corrected chi connectivity index (χ2v) is 9.80. The highest BCUT2D eigenvalue weighted by atomic mass is 32.1. The predicted molar refractivity (Wildman–Crippen MR) is 129 cm³/mol. The van der Waals surface area contributed by atoms with Crippen molar-refractivity contribution < 1.29 is 18.0 Å². The highest BCUT2D eigenvalue weighted by molar-refractivity contribution is 7.10. The Hall–Kier alpha value is -2.72. The third-order valence-corrected chi connectivity index (χ3v) is 7.23. The summed E-state index contributed by atoms with van der Waals surface area (Å²) in [5.41, 5.74) is 2.78. The van der Waals surface area contributed by atoms with Gasteiger partial charge < -0.3 is 15.1 Å². The molecule has 182 valence electrons. The van der Waals surface area contributed by atoms with Crippen molar-refractivity contribution in [1.82, 2.24) is 14.9 Å². The first-order chi connectivity index (χ1) is 16.1. The van der Waals surface area contributed by atoms with Crippen LogP contribution in [0.5, 0.6) is 0 Å². The van der Waals surface area contributed by atoms with Crippen LogP contribution in [-0.4, -0.2) is 54.0 Å². The molecule has 1 aromatic carbocycles. The van der Waals surface area contributed by atoms with Gasteiger partial charge in [-0.3, -0.25) is 4.79 Å². The minimum Gasteiger partial charge on any atom is -0.341 e. The van der Waals surface area contributed by atoms with Crippen molar-refractivity contribution in [2.24, 2.45) is 0 Å². The Labute approximate surface area is 200 Å². The molecule has 1 saturated heterocycles. The van der Waals surface area contributed by atoms with Crippen LogP contribution < -0.4 is 10.2 Å². The molecule has 4 rings (SSSR count). The van der Waals surface area contributed by atoms with Gasteiger partial charge in [0.2, 0.25) is 11.9 Å². The van der Waals surface area contributed by atoms with Crippen molar-refractivity contribution >= 4 is 39.8 Å². The van der Waals surface area contributed by atoms with Crippen molar-refractivity contribution in [3.05, 3.63) is 45.8 Å². The molecule has 0 unspecified atom stereocenters. The van der Waals surface area contributed by atoms with E-state index in [1.165, 1.54) is 5.38 Å². The molecule has 1 N–H and O–H groups in total. The molecule has 1 fully saturated rings. The molecule has 1 aliphatic heterocycles. The summed E-state index contributed by atoms with van der Waals surface area (Å²) in [7, 11) is 4.22. The van der Waals surface area contributed by atoms with Crippen molar-refractivity contribution in [3.8, 4) is 0 Å². The fourth-order valence-electron chi connectivity index (χ4n) is 4.20.